The van der Waals surface area contributed by atoms with Crippen LogP contribution in [-0.2, 0) is 20.9 Å². The molecular weight excluding hydrogens is 528 g/mol. The standard InChI is InChI=1S/C35H34N2O5/c1-5-36-29-18-31-27(16-22(29)3)34(28-17-23(4)30(37-6-2)19-32(28)42-31)25-14-10-11-15-26(25)35(39)41-21-33(38)40-20-24-12-8-7-9-13-24/h7-19,36H,5-6,20-21H2,1-4H3. The average Bonchev–Trinajstić information content (AvgIpc) is 3.00. The monoisotopic (exact) mass is 562 g/mol. The molecule has 0 aromatic heterocycles. The van der Waals surface area contributed by atoms with E-state index in [0.717, 1.165) is 50.8 Å². The molecule has 0 unspecified atom stereocenters. The van der Waals surface area contributed by atoms with Crippen LogP contribution in [0.1, 0.15) is 40.9 Å². The molecule has 1 aliphatic heterocycles. The lowest BCUT2D eigenvalue weighted by molar-refractivity contribution is -0.148. The van der Waals surface area contributed by atoms with Gasteiger partial charge in [0.15, 0.2) is 6.61 Å². The Balaban J connectivity index is 1.57. The average molecular weight is 563 g/mol. The van der Waals surface area contributed by atoms with Crippen LogP contribution in [0.5, 0.6) is 0 Å². The molecule has 0 saturated heterocycles. The minimum absolute atomic E-state index is 0.110. The highest BCUT2D eigenvalue weighted by molar-refractivity contribution is 6.08. The number of fused-ring (bicyclic) bond motifs is 2. The maximum absolute atomic E-state index is 13.4. The van der Waals surface area contributed by atoms with Crippen molar-refractivity contribution in [2.45, 2.75) is 34.3 Å². The third-order valence-corrected chi connectivity index (χ3v) is 7.06. The summed E-state index contributed by atoms with van der Waals surface area (Å²) in [4.78, 5) is 30.4. The van der Waals surface area contributed by atoms with Gasteiger partial charge in [-0.1, -0.05) is 48.5 Å². The van der Waals surface area contributed by atoms with Crippen molar-refractivity contribution in [3.8, 4) is 22.5 Å². The fourth-order valence-electron chi connectivity index (χ4n) is 5.06. The Morgan fingerprint density at radius 3 is 2.38 bits per heavy atom. The maximum Gasteiger partial charge on any atom is 0.344 e. The molecular formula is C35H34N2O5. The number of ether oxygens (including phenoxy) is 2. The number of rotatable bonds is 9. The van der Waals surface area contributed by atoms with Gasteiger partial charge in [0.05, 0.1) is 10.9 Å². The molecule has 3 aromatic rings. The number of benzene rings is 4. The van der Waals surface area contributed by atoms with Crippen LogP contribution in [0.4, 0.5) is 5.69 Å². The van der Waals surface area contributed by atoms with Gasteiger partial charge >= 0.3 is 11.9 Å². The van der Waals surface area contributed by atoms with E-state index < -0.39 is 18.5 Å². The van der Waals surface area contributed by atoms with Crippen molar-refractivity contribution in [2.24, 2.45) is 4.99 Å². The Kier molecular flexibility index (Phi) is 8.67. The third-order valence-electron chi connectivity index (χ3n) is 7.06. The smallest absolute Gasteiger partial charge is 0.344 e. The molecule has 0 spiro atoms. The molecule has 7 heteroatoms. The first-order chi connectivity index (χ1) is 20.4. The highest BCUT2D eigenvalue weighted by atomic mass is 16.6. The van der Waals surface area contributed by atoms with Crippen molar-refractivity contribution in [3.05, 3.63) is 106 Å². The zero-order valence-electron chi connectivity index (χ0n) is 24.3. The summed E-state index contributed by atoms with van der Waals surface area (Å²) in [6.07, 6.45) is 0. The molecule has 0 amide bonds. The normalized spacial score (nSPS) is 11.6. The van der Waals surface area contributed by atoms with E-state index in [1.54, 1.807) is 12.1 Å². The number of nitrogens with zero attached hydrogens (tertiary/aromatic N) is 1. The highest BCUT2D eigenvalue weighted by Gasteiger charge is 2.24. The summed E-state index contributed by atoms with van der Waals surface area (Å²) in [7, 11) is 0. The van der Waals surface area contributed by atoms with Gasteiger partial charge in [-0.15, -0.1) is 0 Å². The maximum atomic E-state index is 13.4. The van der Waals surface area contributed by atoms with E-state index in [1.807, 2.05) is 82.3 Å². The van der Waals surface area contributed by atoms with Crippen LogP contribution in [0.15, 0.2) is 88.3 Å². The number of hydrogen-bond acceptors (Lipinski definition) is 7. The van der Waals surface area contributed by atoms with Crippen molar-refractivity contribution < 1.29 is 23.5 Å². The van der Waals surface area contributed by atoms with E-state index in [9.17, 15) is 9.59 Å². The van der Waals surface area contributed by atoms with Gasteiger partial charge in [-0.25, -0.2) is 9.59 Å². The summed E-state index contributed by atoms with van der Waals surface area (Å²) in [5, 5.41) is 5.12. The molecule has 0 bridgehead atoms. The summed E-state index contributed by atoms with van der Waals surface area (Å²) < 4.78 is 17.2. The number of aryl methyl sites for hydroxylation is 2. The Morgan fingerprint density at radius 1 is 0.857 bits per heavy atom. The van der Waals surface area contributed by atoms with Gasteiger partial charge in [-0.3, -0.25) is 4.99 Å². The molecule has 0 atom stereocenters. The summed E-state index contributed by atoms with van der Waals surface area (Å²) >= 11 is 0. The predicted octanol–water partition coefficient (Wildman–Crippen LogP) is 7.07. The number of nitrogens with one attached hydrogen (secondary N) is 1. The van der Waals surface area contributed by atoms with E-state index in [4.69, 9.17) is 13.9 Å². The Morgan fingerprint density at radius 2 is 1.62 bits per heavy atom. The molecule has 0 fully saturated rings. The molecule has 42 heavy (non-hydrogen) atoms. The molecule has 1 heterocycles. The fraction of sp³-hybridized carbons (Fsp3) is 0.229. The lowest BCUT2D eigenvalue weighted by atomic mass is 9.89. The summed E-state index contributed by atoms with van der Waals surface area (Å²) in [5.41, 5.74) is 7.29. The Hall–Kier alpha value is -4.91. The zero-order valence-corrected chi connectivity index (χ0v) is 24.3. The van der Waals surface area contributed by atoms with Gasteiger partial charge in [0.1, 0.15) is 18.0 Å². The van der Waals surface area contributed by atoms with Gasteiger partial charge in [0.2, 0.25) is 0 Å². The van der Waals surface area contributed by atoms with Crippen molar-refractivity contribution in [1.29, 1.82) is 0 Å². The first-order valence-electron chi connectivity index (χ1n) is 14.1. The second-order valence-corrected chi connectivity index (χ2v) is 10.0. The third kappa shape index (κ3) is 6.05. The summed E-state index contributed by atoms with van der Waals surface area (Å²) in [6, 6.07) is 24.7. The molecule has 3 aromatic carbocycles. The molecule has 5 rings (SSSR count). The van der Waals surface area contributed by atoms with Gasteiger partial charge in [-0.05, 0) is 68.1 Å². The molecule has 0 saturated carbocycles. The van der Waals surface area contributed by atoms with Crippen LogP contribution < -0.4 is 10.7 Å². The predicted molar refractivity (Wildman–Crippen MR) is 165 cm³/mol. The van der Waals surface area contributed by atoms with Crippen LogP contribution in [0.25, 0.3) is 33.4 Å². The van der Waals surface area contributed by atoms with Gasteiger partial charge in [0, 0.05) is 47.4 Å². The lowest BCUT2D eigenvalue weighted by Crippen LogP contribution is -2.17. The summed E-state index contributed by atoms with van der Waals surface area (Å²) in [6.45, 7) is 9.15. The van der Waals surface area contributed by atoms with Crippen molar-refractivity contribution in [2.75, 3.05) is 25.0 Å². The van der Waals surface area contributed by atoms with Crippen LogP contribution in [0.3, 0.4) is 0 Å². The number of anilines is 1. The summed E-state index contributed by atoms with van der Waals surface area (Å²) in [5.74, 6) is -0.567. The lowest BCUT2D eigenvalue weighted by Gasteiger charge is -2.19. The minimum Gasteiger partial charge on any atom is -0.458 e. The quantitative estimate of drug-likeness (QED) is 0.153. The van der Waals surface area contributed by atoms with Crippen molar-refractivity contribution in [1.82, 2.24) is 0 Å². The van der Waals surface area contributed by atoms with Gasteiger partial charge in [-0.2, -0.15) is 0 Å². The topological polar surface area (TPSA) is 90.1 Å². The molecule has 1 N–H and O–H groups in total. The fourth-order valence-corrected chi connectivity index (χ4v) is 5.06. The van der Waals surface area contributed by atoms with E-state index in [-0.39, 0.29) is 6.61 Å². The number of hydrogen-bond donors (Lipinski definition) is 1. The van der Waals surface area contributed by atoms with E-state index >= 15 is 0 Å². The van der Waals surface area contributed by atoms with Crippen LogP contribution in [0, 0.1) is 13.8 Å². The molecule has 214 valence electrons. The second-order valence-electron chi connectivity index (χ2n) is 10.0. The van der Waals surface area contributed by atoms with Crippen LogP contribution >= 0.6 is 0 Å². The van der Waals surface area contributed by atoms with Gasteiger partial charge in [0.25, 0.3) is 0 Å². The number of esters is 2. The van der Waals surface area contributed by atoms with Crippen molar-refractivity contribution in [3.63, 3.8) is 0 Å². The van der Waals surface area contributed by atoms with E-state index in [1.165, 1.54) is 0 Å². The zero-order chi connectivity index (χ0) is 29.6. The Bertz CT molecular complexity index is 1790. The first kappa shape index (κ1) is 28.6. The van der Waals surface area contributed by atoms with Crippen LogP contribution in [0.2, 0.25) is 0 Å². The van der Waals surface area contributed by atoms with Crippen LogP contribution in [-0.4, -0.2) is 31.6 Å². The van der Waals surface area contributed by atoms with Crippen molar-refractivity contribution >= 4 is 28.6 Å². The molecule has 2 aliphatic rings. The largest absolute Gasteiger partial charge is 0.458 e. The van der Waals surface area contributed by atoms with Gasteiger partial charge < -0.3 is 19.2 Å². The van der Waals surface area contributed by atoms with E-state index in [0.29, 0.717) is 29.0 Å². The molecule has 7 nitrogen and oxygen atoms in total. The van der Waals surface area contributed by atoms with E-state index in [2.05, 4.69) is 22.4 Å². The molecule has 1 aliphatic carbocycles. The number of carbonyl (C=O) groups is 2. The molecule has 0 radical (unpaired) electrons. The SMILES string of the molecule is CCN=c1cc2oc3cc(NCC)c(C)cc3c(-c3ccccc3C(=O)OCC(=O)OCc3ccccc3)c-2cc1C. The first-order valence-corrected chi connectivity index (χ1v) is 14.1. The Labute approximate surface area is 245 Å². The number of carbonyl (C=O) groups excluding carboxylic acids is 2. The minimum atomic E-state index is -0.617. The highest BCUT2D eigenvalue weighted by Crippen LogP contribution is 2.43. The second kappa shape index (κ2) is 12.7.